The molecule has 2 unspecified atom stereocenters. The second kappa shape index (κ2) is 13.3. The van der Waals surface area contributed by atoms with Crippen LogP contribution in [0.15, 0.2) is 97.3 Å². The number of piperidine rings is 1. The Hall–Kier alpha value is -4.16. The molecule has 1 saturated heterocycles. The maximum Gasteiger partial charge on any atom is 0.319 e. The number of rotatable bonds is 9. The van der Waals surface area contributed by atoms with Crippen molar-refractivity contribution in [3.05, 3.63) is 114 Å². The minimum Gasteiger partial charge on any atom is -0.489 e. The summed E-state index contributed by atoms with van der Waals surface area (Å²) in [6, 6.07) is 29.4. The van der Waals surface area contributed by atoms with E-state index in [1.54, 1.807) is 12.4 Å². The van der Waals surface area contributed by atoms with Crippen LogP contribution in [0.25, 0.3) is 11.1 Å². The van der Waals surface area contributed by atoms with Crippen LogP contribution in [0.2, 0.25) is 0 Å². The van der Waals surface area contributed by atoms with Crippen LogP contribution < -0.4 is 15.4 Å². The van der Waals surface area contributed by atoms with Gasteiger partial charge in [0, 0.05) is 43.3 Å². The third-order valence-corrected chi connectivity index (χ3v) is 7.74. The number of carbonyl (C=O) groups excluding carboxylic acids is 1. The molecule has 1 fully saturated rings. The third-order valence-electron chi connectivity index (χ3n) is 7.74. The van der Waals surface area contributed by atoms with Crippen LogP contribution >= 0.6 is 0 Å². The number of ether oxygens (including phenoxy) is 1. The Morgan fingerprint density at radius 1 is 0.875 bits per heavy atom. The van der Waals surface area contributed by atoms with Gasteiger partial charge in [-0.1, -0.05) is 61.0 Å². The van der Waals surface area contributed by atoms with Crippen molar-refractivity contribution in [1.82, 2.24) is 15.2 Å². The Bertz CT molecular complexity index is 1380. The van der Waals surface area contributed by atoms with Crippen LogP contribution in [0.3, 0.4) is 0 Å². The predicted octanol–water partition coefficient (Wildman–Crippen LogP) is 7.41. The standard InChI is InChI=1S/C34H38N4O2/c1-25-9-7-10-26(2)38(25)23-28-12-3-5-14-32(28)33-15-6-4-13-29(33)24-40-31-18-16-30(17-19-31)37-34(39)36-22-27-11-8-20-35-21-27/h3-6,8,11-21,25-26H,7,9-10,22-24H2,1-2H3,(H2,36,37,39). The van der Waals surface area contributed by atoms with E-state index in [-0.39, 0.29) is 6.03 Å². The second-order valence-corrected chi connectivity index (χ2v) is 10.6. The van der Waals surface area contributed by atoms with Crippen LogP contribution in [0.1, 0.15) is 49.8 Å². The molecule has 1 aromatic heterocycles. The zero-order valence-electron chi connectivity index (χ0n) is 23.3. The number of pyridine rings is 1. The highest BCUT2D eigenvalue weighted by Gasteiger charge is 2.25. The minimum atomic E-state index is -0.265. The summed E-state index contributed by atoms with van der Waals surface area (Å²) < 4.78 is 6.20. The molecule has 6 nitrogen and oxygen atoms in total. The largest absolute Gasteiger partial charge is 0.489 e. The number of amides is 2. The van der Waals surface area contributed by atoms with E-state index >= 15 is 0 Å². The Morgan fingerprint density at radius 2 is 1.55 bits per heavy atom. The van der Waals surface area contributed by atoms with E-state index in [9.17, 15) is 4.79 Å². The number of anilines is 1. The zero-order valence-corrected chi connectivity index (χ0v) is 23.3. The van der Waals surface area contributed by atoms with Crippen molar-refractivity contribution in [2.45, 2.75) is 64.9 Å². The van der Waals surface area contributed by atoms with Gasteiger partial charge in [-0.2, -0.15) is 0 Å². The maximum atomic E-state index is 12.3. The van der Waals surface area contributed by atoms with Gasteiger partial charge in [0.05, 0.1) is 0 Å². The molecule has 2 atom stereocenters. The fraction of sp³-hybridized carbons (Fsp3) is 0.294. The Labute approximate surface area is 237 Å². The minimum absolute atomic E-state index is 0.265. The molecular formula is C34H38N4O2. The first-order chi connectivity index (χ1) is 19.6. The average molecular weight is 535 g/mol. The summed E-state index contributed by atoms with van der Waals surface area (Å²) in [5.41, 5.74) is 6.62. The van der Waals surface area contributed by atoms with Crippen LogP contribution in [-0.2, 0) is 19.7 Å². The van der Waals surface area contributed by atoms with Crippen molar-refractivity contribution in [2.24, 2.45) is 0 Å². The van der Waals surface area contributed by atoms with Gasteiger partial charge in [0.1, 0.15) is 12.4 Å². The molecular weight excluding hydrogens is 496 g/mol. The number of likely N-dealkylation sites (tertiary alicyclic amines) is 1. The van der Waals surface area contributed by atoms with Crippen molar-refractivity contribution in [3.63, 3.8) is 0 Å². The van der Waals surface area contributed by atoms with E-state index in [4.69, 9.17) is 4.74 Å². The highest BCUT2D eigenvalue weighted by molar-refractivity contribution is 5.89. The molecule has 6 heteroatoms. The molecule has 3 aromatic carbocycles. The van der Waals surface area contributed by atoms with E-state index in [0.717, 1.165) is 23.4 Å². The average Bonchev–Trinajstić information content (AvgIpc) is 2.99. The normalized spacial score (nSPS) is 17.2. The third kappa shape index (κ3) is 7.07. The SMILES string of the molecule is CC1CCCC(C)N1Cc1ccccc1-c1ccccc1COc1ccc(NC(=O)NCc2cccnc2)cc1. The van der Waals surface area contributed by atoms with E-state index < -0.39 is 0 Å². The highest BCUT2D eigenvalue weighted by atomic mass is 16.5. The lowest BCUT2D eigenvalue weighted by Crippen LogP contribution is -2.43. The summed E-state index contributed by atoms with van der Waals surface area (Å²) in [5.74, 6) is 0.750. The summed E-state index contributed by atoms with van der Waals surface area (Å²) in [6.45, 7) is 6.54. The lowest BCUT2D eigenvalue weighted by Gasteiger charge is -2.39. The van der Waals surface area contributed by atoms with Gasteiger partial charge in [-0.25, -0.2) is 4.79 Å². The molecule has 1 aliphatic heterocycles. The van der Waals surface area contributed by atoms with E-state index in [2.05, 4.69) is 82.9 Å². The van der Waals surface area contributed by atoms with Gasteiger partial charge in [0.15, 0.2) is 0 Å². The van der Waals surface area contributed by atoms with Gasteiger partial charge < -0.3 is 15.4 Å². The molecule has 2 N–H and O–H groups in total. The molecule has 40 heavy (non-hydrogen) atoms. The van der Waals surface area contributed by atoms with Crippen molar-refractivity contribution >= 4 is 11.7 Å². The number of aromatic nitrogens is 1. The number of benzene rings is 3. The van der Waals surface area contributed by atoms with E-state index in [1.165, 1.54) is 36.0 Å². The van der Waals surface area contributed by atoms with Crippen LogP contribution in [0, 0.1) is 0 Å². The lowest BCUT2D eigenvalue weighted by molar-refractivity contribution is 0.0954. The van der Waals surface area contributed by atoms with Crippen molar-refractivity contribution in [1.29, 1.82) is 0 Å². The Kier molecular flexibility index (Phi) is 9.09. The van der Waals surface area contributed by atoms with Gasteiger partial charge in [0.25, 0.3) is 0 Å². The van der Waals surface area contributed by atoms with E-state index in [1.807, 2.05) is 36.4 Å². The second-order valence-electron chi connectivity index (χ2n) is 10.6. The quantitative estimate of drug-likeness (QED) is 0.235. The molecule has 0 saturated carbocycles. The summed E-state index contributed by atoms with van der Waals surface area (Å²) in [6.07, 6.45) is 7.29. The van der Waals surface area contributed by atoms with Crippen LogP contribution in [-0.4, -0.2) is 28.0 Å². The first-order valence-electron chi connectivity index (χ1n) is 14.2. The molecule has 0 spiro atoms. The fourth-order valence-electron chi connectivity index (χ4n) is 5.47. The maximum absolute atomic E-state index is 12.3. The number of nitrogens with one attached hydrogen (secondary N) is 2. The number of hydrogen-bond donors (Lipinski definition) is 2. The molecule has 206 valence electrons. The summed E-state index contributed by atoms with van der Waals surface area (Å²) in [5, 5.41) is 5.70. The fourth-order valence-corrected chi connectivity index (χ4v) is 5.47. The molecule has 0 aliphatic carbocycles. The molecule has 2 heterocycles. The molecule has 1 aliphatic rings. The molecule has 0 radical (unpaired) electrons. The smallest absolute Gasteiger partial charge is 0.319 e. The van der Waals surface area contributed by atoms with Crippen molar-refractivity contribution in [3.8, 4) is 16.9 Å². The highest BCUT2D eigenvalue weighted by Crippen LogP contribution is 2.32. The summed E-state index contributed by atoms with van der Waals surface area (Å²) >= 11 is 0. The topological polar surface area (TPSA) is 66.5 Å². The first-order valence-corrected chi connectivity index (χ1v) is 14.2. The Morgan fingerprint density at radius 3 is 2.25 bits per heavy atom. The summed E-state index contributed by atoms with van der Waals surface area (Å²) in [4.78, 5) is 19.0. The molecule has 0 bridgehead atoms. The summed E-state index contributed by atoms with van der Waals surface area (Å²) in [7, 11) is 0. The van der Waals surface area contributed by atoms with Crippen LogP contribution in [0.5, 0.6) is 5.75 Å². The predicted molar refractivity (Wildman–Crippen MR) is 161 cm³/mol. The number of nitrogens with zero attached hydrogens (tertiary/aromatic N) is 2. The van der Waals surface area contributed by atoms with E-state index in [0.29, 0.717) is 30.9 Å². The van der Waals surface area contributed by atoms with Gasteiger partial charge in [-0.3, -0.25) is 9.88 Å². The van der Waals surface area contributed by atoms with Gasteiger partial charge in [-0.05, 0) is 84.8 Å². The Balaban J connectivity index is 1.22. The molecule has 4 aromatic rings. The van der Waals surface area contributed by atoms with Gasteiger partial charge in [0.2, 0.25) is 0 Å². The monoisotopic (exact) mass is 534 g/mol. The number of hydrogen-bond acceptors (Lipinski definition) is 4. The van der Waals surface area contributed by atoms with Crippen molar-refractivity contribution in [2.75, 3.05) is 5.32 Å². The first kappa shape index (κ1) is 27.4. The van der Waals surface area contributed by atoms with Gasteiger partial charge in [-0.15, -0.1) is 0 Å². The van der Waals surface area contributed by atoms with Gasteiger partial charge >= 0.3 is 6.03 Å². The van der Waals surface area contributed by atoms with Crippen molar-refractivity contribution < 1.29 is 9.53 Å². The zero-order chi connectivity index (χ0) is 27.7. The molecule has 5 rings (SSSR count). The number of carbonyl (C=O) groups is 1. The van der Waals surface area contributed by atoms with Crippen LogP contribution in [0.4, 0.5) is 10.5 Å². The number of urea groups is 1. The molecule has 2 amide bonds. The lowest BCUT2D eigenvalue weighted by atomic mass is 9.92.